The van der Waals surface area contributed by atoms with Gasteiger partial charge in [0.2, 0.25) is 0 Å². The number of fused-ring (bicyclic) bond motifs is 3. The van der Waals surface area contributed by atoms with Crippen molar-refractivity contribution in [3.63, 3.8) is 0 Å². The van der Waals surface area contributed by atoms with Gasteiger partial charge in [-0.25, -0.2) is 0 Å². The summed E-state index contributed by atoms with van der Waals surface area (Å²) in [5.74, 6) is 0.862. The van der Waals surface area contributed by atoms with Crippen molar-refractivity contribution < 1.29 is 4.79 Å². The predicted octanol–water partition coefficient (Wildman–Crippen LogP) is 5.60. The van der Waals surface area contributed by atoms with E-state index >= 15 is 0 Å². The van der Waals surface area contributed by atoms with Crippen LogP contribution in [0.2, 0.25) is 5.02 Å². The number of hydrogen-bond acceptors (Lipinski definition) is 2. The molecule has 5 rings (SSSR count). The second-order valence-corrected chi connectivity index (χ2v) is 10.2. The third-order valence-corrected chi connectivity index (χ3v) is 7.92. The number of rotatable bonds is 6. The Morgan fingerprint density at radius 2 is 1.71 bits per heavy atom. The number of benzene rings is 2. The minimum Gasteiger partial charge on any atom is -0.333 e. The third kappa shape index (κ3) is 4.27. The summed E-state index contributed by atoms with van der Waals surface area (Å²) in [7, 11) is 0. The number of piperidine rings is 1. The van der Waals surface area contributed by atoms with Crippen LogP contribution >= 0.6 is 11.6 Å². The number of halogens is 1. The second kappa shape index (κ2) is 8.96. The number of nitrogens with zero attached hydrogens (tertiary/aromatic N) is 2. The molecule has 2 aliphatic heterocycles. The topological polar surface area (TPSA) is 23.6 Å². The van der Waals surface area contributed by atoms with Gasteiger partial charge in [-0.2, -0.15) is 0 Å². The van der Waals surface area contributed by atoms with Crippen LogP contribution in [-0.2, 0) is 12.8 Å². The van der Waals surface area contributed by atoms with Crippen LogP contribution in [0, 0.1) is 5.92 Å². The molecule has 2 heterocycles. The van der Waals surface area contributed by atoms with E-state index in [9.17, 15) is 4.79 Å². The average molecular weight is 437 g/mol. The minimum atomic E-state index is 0.171. The molecule has 2 aromatic carbocycles. The Kier molecular flexibility index (Phi) is 6.08. The summed E-state index contributed by atoms with van der Waals surface area (Å²) in [6.07, 6.45) is 8.16. The highest BCUT2D eigenvalue weighted by atomic mass is 35.5. The van der Waals surface area contributed by atoms with E-state index in [1.54, 1.807) is 0 Å². The van der Waals surface area contributed by atoms with Crippen LogP contribution in [0.5, 0.6) is 0 Å². The zero-order valence-corrected chi connectivity index (χ0v) is 19.2. The van der Waals surface area contributed by atoms with Gasteiger partial charge in [-0.3, -0.25) is 9.69 Å². The van der Waals surface area contributed by atoms with Crippen LogP contribution in [0.1, 0.15) is 60.5 Å². The number of amides is 1. The molecule has 2 fully saturated rings. The minimum absolute atomic E-state index is 0.171. The summed E-state index contributed by atoms with van der Waals surface area (Å²) >= 11 is 6.15. The highest BCUT2D eigenvalue weighted by Gasteiger charge is 2.44. The summed E-state index contributed by atoms with van der Waals surface area (Å²) in [6.45, 7) is 4.65. The molecule has 0 saturated carbocycles. The monoisotopic (exact) mass is 436 g/mol. The maximum Gasteiger partial charge on any atom is 0.254 e. The van der Waals surface area contributed by atoms with Crippen molar-refractivity contribution in [2.45, 2.75) is 70.0 Å². The molecule has 3 aliphatic rings. The van der Waals surface area contributed by atoms with Crippen LogP contribution in [-0.4, -0.2) is 46.9 Å². The van der Waals surface area contributed by atoms with E-state index in [4.69, 9.17) is 11.6 Å². The number of carbonyl (C=O) groups excluding carboxylic acids is 1. The smallest absolute Gasteiger partial charge is 0.254 e. The number of hydrogen-bond donors (Lipinski definition) is 0. The molecule has 2 aromatic rings. The summed E-state index contributed by atoms with van der Waals surface area (Å²) in [5, 5.41) is 0.640. The molecule has 2 saturated heterocycles. The number of carbonyl (C=O) groups is 1. The van der Waals surface area contributed by atoms with E-state index in [0.29, 0.717) is 29.1 Å². The van der Waals surface area contributed by atoms with Gasteiger partial charge >= 0.3 is 0 Å². The molecule has 3 atom stereocenters. The molecule has 3 nitrogen and oxygen atoms in total. The molecular weight excluding hydrogens is 404 g/mol. The van der Waals surface area contributed by atoms with Gasteiger partial charge in [-0.1, -0.05) is 48.9 Å². The van der Waals surface area contributed by atoms with Crippen molar-refractivity contribution in [1.29, 1.82) is 0 Å². The Hall–Kier alpha value is -1.84. The molecule has 2 bridgehead atoms. The van der Waals surface area contributed by atoms with E-state index in [1.165, 1.54) is 43.5 Å². The van der Waals surface area contributed by atoms with Gasteiger partial charge in [0.15, 0.2) is 0 Å². The lowest BCUT2D eigenvalue weighted by molar-refractivity contribution is 0.0455. The molecule has 164 valence electrons. The molecule has 4 heteroatoms. The Morgan fingerprint density at radius 1 is 1.03 bits per heavy atom. The SMILES string of the molecule is CCCN(CC1C[C@H]2CC[C@@H](C1)N2C(=O)c1cccc(Cl)c1)C1Cc2ccccc2C1. The fourth-order valence-corrected chi connectivity index (χ4v) is 6.57. The van der Waals surface area contributed by atoms with Gasteiger partial charge in [-0.15, -0.1) is 0 Å². The Labute approximate surface area is 191 Å². The first-order valence-corrected chi connectivity index (χ1v) is 12.4. The second-order valence-electron chi connectivity index (χ2n) is 9.77. The molecule has 1 aliphatic carbocycles. The van der Waals surface area contributed by atoms with Crippen LogP contribution in [0.25, 0.3) is 0 Å². The third-order valence-electron chi connectivity index (χ3n) is 7.69. The van der Waals surface area contributed by atoms with E-state index in [1.807, 2.05) is 24.3 Å². The van der Waals surface area contributed by atoms with Crippen LogP contribution < -0.4 is 0 Å². The first kappa shape index (κ1) is 21.0. The zero-order valence-electron chi connectivity index (χ0n) is 18.5. The standard InChI is InChI=1S/C27H33ClN2O/c1-2-12-29(26-16-20-6-3-4-7-21(20)17-26)18-19-13-24-10-11-25(14-19)30(24)27(31)22-8-5-9-23(28)15-22/h3-9,15,19,24-26H,2,10-14,16-18H2,1H3/t19?,24-,25+. The normalized spacial score (nSPS) is 25.3. The van der Waals surface area contributed by atoms with Gasteiger partial charge < -0.3 is 4.90 Å². The van der Waals surface area contributed by atoms with Crippen LogP contribution in [0.3, 0.4) is 0 Å². The predicted molar refractivity (Wildman–Crippen MR) is 127 cm³/mol. The van der Waals surface area contributed by atoms with Crippen molar-refractivity contribution in [2.24, 2.45) is 5.92 Å². The lowest BCUT2D eigenvalue weighted by atomic mass is 9.89. The van der Waals surface area contributed by atoms with Gasteiger partial charge in [0, 0.05) is 35.3 Å². The van der Waals surface area contributed by atoms with Crippen molar-refractivity contribution >= 4 is 17.5 Å². The summed E-state index contributed by atoms with van der Waals surface area (Å²) in [4.78, 5) is 18.2. The van der Waals surface area contributed by atoms with Gasteiger partial charge in [-0.05, 0) is 86.7 Å². The molecule has 1 amide bonds. The molecular formula is C27H33ClN2O. The highest BCUT2D eigenvalue weighted by molar-refractivity contribution is 6.30. The maximum atomic E-state index is 13.2. The Morgan fingerprint density at radius 3 is 2.32 bits per heavy atom. The molecule has 0 aromatic heterocycles. The molecule has 0 N–H and O–H groups in total. The quantitative estimate of drug-likeness (QED) is 0.588. The van der Waals surface area contributed by atoms with Crippen molar-refractivity contribution in [3.05, 3.63) is 70.2 Å². The summed E-state index contributed by atoms with van der Waals surface area (Å²) in [5.41, 5.74) is 3.81. The van der Waals surface area contributed by atoms with E-state index < -0.39 is 0 Å². The van der Waals surface area contributed by atoms with E-state index in [-0.39, 0.29) is 5.91 Å². The lowest BCUT2D eigenvalue weighted by Crippen LogP contribution is -2.49. The highest BCUT2D eigenvalue weighted by Crippen LogP contribution is 2.40. The molecule has 0 radical (unpaired) electrons. The van der Waals surface area contributed by atoms with Gasteiger partial charge in [0.05, 0.1) is 0 Å². The largest absolute Gasteiger partial charge is 0.333 e. The zero-order chi connectivity index (χ0) is 21.4. The summed E-state index contributed by atoms with van der Waals surface area (Å²) < 4.78 is 0. The lowest BCUT2D eigenvalue weighted by Gasteiger charge is -2.41. The first-order chi connectivity index (χ1) is 15.1. The van der Waals surface area contributed by atoms with E-state index in [0.717, 1.165) is 31.2 Å². The van der Waals surface area contributed by atoms with Gasteiger partial charge in [0.1, 0.15) is 0 Å². The average Bonchev–Trinajstić information content (AvgIpc) is 3.31. The fourth-order valence-electron chi connectivity index (χ4n) is 6.38. The summed E-state index contributed by atoms with van der Waals surface area (Å²) in [6, 6.07) is 17.8. The maximum absolute atomic E-state index is 13.2. The van der Waals surface area contributed by atoms with Crippen LogP contribution in [0.4, 0.5) is 0 Å². The van der Waals surface area contributed by atoms with Crippen molar-refractivity contribution in [1.82, 2.24) is 9.80 Å². The van der Waals surface area contributed by atoms with Crippen molar-refractivity contribution in [3.8, 4) is 0 Å². The Bertz CT molecular complexity index is 905. The molecule has 1 unspecified atom stereocenters. The Balaban J connectivity index is 1.25. The van der Waals surface area contributed by atoms with Gasteiger partial charge in [0.25, 0.3) is 5.91 Å². The van der Waals surface area contributed by atoms with E-state index in [2.05, 4.69) is 41.0 Å². The van der Waals surface area contributed by atoms with Crippen LogP contribution in [0.15, 0.2) is 48.5 Å². The fraction of sp³-hybridized carbons (Fsp3) is 0.519. The first-order valence-electron chi connectivity index (χ1n) is 12.0. The molecule has 0 spiro atoms. The molecule has 31 heavy (non-hydrogen) atoms. The van der Waals surface area contributed by atoms with Crippen molar-refractivity contribution in [2.75, 3.05) is 13.1 Å².